The molecule has 0 aliphatic carbocycles. The number of anilines is 1. The zero-order valence-corrected chi connectivity index (χ0v) is 13.1. The number of hydrogen-bond acceptors (Lipinski definition) is 1. The van der Waals surface area contributed by atoms with Crippen molar-refractivity contribution in [3.63, 3.8) is 0 Å². The molecule has 2 rings (SSSR count). The summed E-state index contributed by atoms with van der Waals surface area (Å²) in [6.45, 7) is 0. The Morgan fingerprint density at radius 2 is 1.84 bits per heavy atom. The molecule has 2 aromatic rings. The summed E-state index contributed by atoms with van der Waals surface area (Å²) < 4.78 is 14.2. The van der Waals surface area contributed by atoms with E-state index in [9.17, 15) is 9.18 Å². The molecule has 0 atom stereocenters. The summed E-state index contributed by atoms with van der Waals surface area (Å²) in [7, 11) is 0. The van der Waals surface area contributed by atoms with Gasteiger partial charge in [-0.05, 0) is 59.0 Å². The van der Waals surface area contributed by atoms with E-state index >= 15 is 0 Å². The van der Waals surface area contributed by atoms with Crippen molar-refractivity contribution >= 4 is 57.4 Å². The van der Waals surface area contributed by atoms with E-state index in [-0.39, 0.29) is 10.6 Å². The fourth-order valence-electron chi connectivity index (χ4n) is 1.42. The van der Waals surface area contributed by atoms with Gasteiger partial charge in [0.2, 0.25) is 0 Å². The standard InChI is InChI=1S/C13H7Cl2FINO/c14-9-3-1-7(5-11(9)16)13(19)18-12-4-2-8(17)6-10(12)15/h1-6H,(H,18,19). The molecule has 1 N–H and O–H groups in total. The molecule has 0 bridgehead atoms. The van der Waals surface area contributed by atoms with E-state index in [1.807, 2.05) is 6.07 Å². The highest BCUT2D eigenvalue weighted by Crippen LogP contribution is 2.24. The summed E-state index contributed by atoms with van der Waals surface area (Å²) in [6.07, 6.45) is 0. The predicted octanol–water partition coefficient (Wildman–Crippen LogP) is 4.99. The third-order valence-electron chi connectivity index (χ3n) is 2.36. The lowest BCUT2D eigenvalue weighted by molar-refractivity contribution is 0.102. The van der Waals surface area contributed by atoms with Crippen LogP contribution in [0.1, 0.15) is 10.4 Å². The van der Waals surface area contributed by atoms with Crippen LogP contribution in [0.3, 0.4) is 0 Å². The van der Waals surface area contributed by atoms with Crippen molar-refractivity contribution in [3.05, 3.63) is 61.4 Å². The molecule has 0 heterocycles. The van der Waals surface area contributed by atoms with Crippen molar-refractivity contribution in [3.8, 4) is 0 Å². The van der Waals surface area contributed by atoms with E-state index < -0.39 is 11.7 Å². The van der Waals surface area contributed by atoms with E-state index in [4.69, 9.17) is 23.2 Å². The molecule has 2 aromatic carbocycles. The fraction of sp³-hybridized carbons (Fsp3) is 0. The van der Waals surface area contributed by atoms with Crippen LogP contribution in [-0.2, 0) is 0 Å². The molecule has 6 heteroatoms. The maximum Gasteiger partial charge on any atom is 0.255 e. The first-order chi connectivity index (χ1) is 8.97. The van der Waals surface area contributed by atoms with Crippen LogP contribution in [0.2, 0.25) is 10.0 Å². The van der Waals surface area contributed by atoms with Gasteiger partial charge in [0.05, 0.1) is 15.7 Å². The molecule has 98 valence electrons. The Labute approximate surface area is 133 Å². The number of benzene rings is 2. The Hall–Kier alpha value is -0.850. The van der Waals surface area contributed by atoms with Gasteiger partial charge in [-0.15, -0.1) is 0 Å². The first kappa shape index (κ1) is 14.6. The number of nitrogens with one attached hydrogen (secondary N) is 1. The smallest absolute Gasteiger partial charge is 0.255 e. The molecule has 0 saturated carbocycles. The minimum atomic E-state index is -0.636. The van der Waals surface area contributed by atoms with Crippen LogP contribution in [-0.4, -0.2) is 5.91 Å². The quantitative estimate of drug-likeness (QED) is 0.695. The molecule has 1 amide bonds. The summed E-state index contributed by atoms with van der Waals surface area (Å²) in [6, 6.07) is 9.08. The average molecular weight is 410 g/mol. The lowest BCUT2D eigenvalue weighted by Gasteiger charge is -2.08. The van der Waals surface area contributed by atoms with Crippen LogP contribution in [0.15, 0.2) is 36.4 Å². The minimum Gasteiger partial charge on any atom is -0.321 e. The lowest BCUT2D eigenvalue weighted by Crippen LogP contribution is -2.12. The number of hydrogen-bond donors (Lipinski definition) is 1. The van der Waals surface area contributed by atoms with Crippen LogP contribution < -0.4 is 5.32 Å². The number of amides is 1. The zero-order valence-electron chi connectivity index (χ0n) is 9.38. The second-order valence-corrected chi connectivity index (χ2v) is 5.77. The van der Waals surface area contributed by atoms with Crippen molar-refractivity contribution in [2.45, 2.75) is 0 Å². The normalized spacial score (nSPS) is 10.3. The number of carbonyl (C=O) groups excluding carboxylic acids is 1. The molecule has 0 fully saturated rings. The fourth-order valence-corrected chi connectivity index (χ4v) is 2.44. The van der Waals surface area contributed by atoms with Crippen LogP contribution >= 0.6 is 45.8 Å². The molecule has 0 aliphatic rings. The molecular weight excluding hydrogens is 403 g/mol. The van der Waals surface area contributed by atoms with E-state index in [2.05, 4.69) is 27.9 Å². The number of rotatable bonds is 2. The molecule has 19 heavy (non-hydrogen) atoms. The van der Waals surface area contributed by atoms with E-state index in [0.29, 0.717) is 10.7 Å². The Bertz CT molecular complexity index is 649. The maximum absolute atomic E-state index is 13.3. The first-order valence-corrected chi connectivity index (χ1v) is 7.02. The molecule has 0 spiro atoms. The minimum absolute atomic E-state index is 0.0242. The van der Waals surface area contributed by atoms with Crippen molar-refractivity contribution in [1.29, 1.82) is 0 Å². The summed E-state index contributed by atoms with van der Waals surface area (Å²) in [5.74, 6) is -1.08. The molecule has 0 saturated heterocycles. The predicted molar refractivity (Wildman–Crippen MR) is 83.5 cm³/mol. The van der Waals surface area contributed by atoms with Crippen LogP contribution in [0.5, 0.6) is 0 Å². The Morgan fingerprint density at radius 1 is 1.11 bits per heavy atom. The van der Waals surface area contributed by atoms with Gasteiger partial charge in [0, 0.05) is 9.13 Å². The second kappa shape index (κ2) is 6.07. The first-order valence-electron chi connectivity index (χ1n) is 5.19. The Kier molecular flexibility index (Phi) is 4.65. The summed E-state index contributed by atoms with van der Waals surface area (Å²) in [5.41, 5.74) is 0.652. The Morgan fingerprint density at radius 3 is 2.47 bits per heavy atom. The van der Waals surface area contributed by atoms with Crippen LogP contribution in [0.4, 0.5) is 10.1 Å². The third kappa shape index (κ3) is 3.58. The van der Waals surface area contributed by atoms with Crippen molar-refractivity contribution < 1.29 is 9.18 Å². The maximum atomic E-state index is 13.3. The second-order valence-electron chi connectivity index (χ2n) is 3.71. The van der Waals surface area contributed by atoms with Gasteiger partial charge in [-0.25, -0.2) is 4.39 Å². The molecular formula is C13H7Cl2FINO. The summed E-state index contributed by atoms with van der Waals surface area (Å²) in [5, 5.41) is 3.02. The van der Waals surface area contributed by atoms with Crippen LogP contribution in [0.25, 0.3) is 0 Å². The summed E-state index contributed by atoms with van der Waals surface area (Å²) >= 11 is 13.7. The topological polar surface area (TPSA) is 29.1 Å². The monoisotopic (exact) mass is 409 g/mol. The van der Waals surface area contributed by atoms with Gasteiger partial charge in [0.1, 0.15) is 5.82 Å². The average Bonchev–Trinajstić information content (AvgIpc) is 2.36. The van der Waals surface area contributed by atoms with Gasteiger partial charge < -0.3 is 5.32 Å². The highest BCUT2D eigenvalue weighted by molar-refractivity contribution is 14.1. The third-order valence-corrected chi connectivity index (χ3v) is 3.65. The molecule has 0 aliphatic heterocycles. The Balaban J connectivity index is 2.23. The molecule has 0 radical (unpaired) electrons. The van der Waals surface area contributed by atoms with Crippen molar-refractivity contribution in [2.75, 3.05) is 5.32 Å². The van der Waals surface area contributed by atoms with E-state index in [1.165, 1.54) is 12.1 Å². The van der Waals surface area contributed by atoms with Gasteiger partial charge in [-0.3, -0.25) is 4.79 Å². The van der Waals surface area contributed by atoms with Crippen molar-refractivity contribution in [1.82, 2.24) is 0 Å². The highest BCUT2D eigenvalue weighted by Gasteiger charge is 2.11. The van der Waals surface area contributed by atoms with Gasteiger partial charge >= 0.3 is 0 Å². The lowest BCUT2D eigenvalue weighted by atomic mass is 10.2. The van der Waals surface area contributed by atoms with E-state index in [1.54, 1.807) is 12.1 Å². The largest absolute Gasteiger partial charge is 0.321 e. The molecule has 0 unspecified atom stereocenters. The SMILES string of the molecule is O=C(Nc1ccc(I)cc1Cl)c1ccc(Cl)c(F)c1. The van der Waals surface area contributed by atoms with Crippen LogP contribution in [0, 0.1) is 9.39 Å². The zero-order chi connectivity index (χ0) is 14.0. The summed E-state index contributed by atoms with van der Waals surface area (Å²) in [4.78, 5) is 11.9. The van der Waals surface area contributed by atoms with Crippen molar-refractivity contribution in [2.24, 2.45) is 0 Å². The van der Waals surface area contributed by atoms with Gasteiger partial charge in [0.15, 0.2) is 0 Å². The molecule has 0 aromatic heterocycles. The van der Waals surface area contributed by atoms with Gasteiger partial charge in [-0.2, -0.15) is 0 Å². The van der Waals surface area contributed by atoms with Gasteiger partial charge in [-0.1, -0.05) is 23.2 Å². The van der Waals surface area contributed by atoms with E-state index in [0.717, 1.165) is 9.64 Å². The van der Waals surface area contributed by atoms with Gasteiger partial charge in [0.25, 0.3) is 5.91 Å². The molecule has 2 nitrogen and oxygen atoms in total. The highest BCUT2D eigenvalue weighted by atomic mass is 127. The number of halogens is 4. The number of carbonyl (C=O) groups is 1.